The van der Waals surface area contributed by atoms with Crippen LogP contribution in [0.4, 0.5) is 0 Å². The molecule has 0 aliphatic heterocycles. The highest BCUT2D eigenvalue weighted by molar-refractivity contribution is 6.30. The first-order chi connectivity index (χ1) is 7.77. The molecule has 0 fully saturated rings. The molecule has 1 N–H and O–H groups in total. The lowest BCUT2D eigenvalue weighted by atomic mass is 9.96. The summed E-state index contributed by atoms with van der Waals surface area (Å²) >= 11 is 5.99. The molecule has 90 valence electrons. The van der Waals surface area contributed by atoms with E-state index in [2.05, 4.69) is 18.3 Å². The van der Waals surface area contributed by atoms with Crippen molar-refractivity contribution in [1.29, 1.82) is 0 Å². The van der Waals surface area contributed by atoms with Crippen molar-refractivity contribution in [1.82, 2.24) is 5.32 Å². The summed E-state index contributed by atoms with van der Waals surface area (Å²) in [7, 11) is 1.72. The zero-order chi connectivity index (χ0) is 11.8. The number of rotatable bonds is 7. The van der Waals surface area contributed by atoms with Gasteiger partial charge in [-0.15, -0.1) is 0 Å². The summed E-state index contributed by atoms with van der Waals surface area (Å²) in [6.07, 6.45) is 1.11. The molecule has 2 nitrogen and oxygen atoms in total. The lowest BCUT2D eigenvalue weighted by Crippen LogP contribution is -2.24. The Morgan fingerprint density at radius 3 is 2.88 bits per heavy atom. The summed E-state index contributed by atoms with van der Waals surface area (Å²) in [6, 6.07) is 8.11. The Morgan fingerprint density at radius 1 is 1.44 bits per heavy atom. The molecule has 0 bridgehead atoms. The molecule has 1 aromatic rings. The molecule has 1 unspecified atom stereocenters. The molecule has 0 spiro atoms. The van der Waals surface area contributed by atoms with Crippen molar-refractivity contribution in [3.8, 4) is 0 Å². The van der Waals surface area contributed by atoms with Crippen LogP contribution in [0.25, 0.3) is 0 Å². The van der Waals surface area contributed by atoms with Gasteiger partial charge in [0.1, 0.15) is 0 Å². The van der Waals surface area contributed by atoms with Crippen LogP contribution < -0.4 is 5.32 Å². The van der Waals surface area contributed by atoms with E-state index in [1.807, 2.05) is 18.2 Å². The maximum absolute atomic E-state index is 5.99. The van der Waals surface area contributed by atoms with Gasteiger partial charge in [-0.3, -0.25) is 0 Å². The summed E-state index contributed by atoms with van der Waals surface area (Å²) in [6.45, 7) is 4.82. The van der Waals surface area contributed by atoms with Crippen molar-refractivity contribution in [3.05, 3.63) is 34.9 Å². The molecule has 0 amide bonds. The molecular formula is C13H20ClNO. The van der Waals surface area contributed by atoms with Crippen molar-refractivity contribution >= 4 is 11.6 Å². The molecular weight excluding hydrogens is 222 g/mol. The van der Waals surface area contributed by atoms with Crippen molar-refractivity contribution in [2.45, 2.75) is 19.3 Å². The smallest absolute Gasteiger partial charge is 0.0587 e. The van der Waals surface area contributed by atoms with Gasteiger partial charge >= 0.3 is 0 Å². The zero-order valence-corrected chi connectivity index (χ0v) is 10.8. The summed E-state index contributed by atoms with van der Waals surface area (Å²) in [5, 5.41) is 4.20. The highest BCUT2D eigenvalue weighted by Crippen LogP contribution is 2.21. The first-order valence-electron chi connectivity index (χ1n) is 5.73. The molecule has 1 aromatic carbocycles. The molecule has 0 saturated heterocycles. The zero-order valence-electron chi connectivity index (χ0n) is 10.0. The first-order valence-corrected chi connectivity index (χ1v) is 6.10. The first kappa shape index (κ1) is 13.5. The highest BCUT2D eigenvalue weighted by atomic mass is 35.5. The minimum atomic E-state index is 0.524. The van der Waals surface area contributed by atoms with Crippen LogP contribution in [0.5, 0.6) is 0 Å². The minimum absolute atomic E-state index is 0.524. The number of nitrogens with one attached hydrogen (secondary N) is 1. The predicted molar refractivity (Wildman–Crippen MR) is 69.2 cm³/mol. The quantitative estimate of drug-likeness (QED) is 0.741. The number of ether oxygens (including phenoxy) is 1. The van der Waals surface area contributed by atoms with Gasteiger partial charge in [0.2, 0.25) is 0 Å². The molecule has 1 atom stereocenters. The van der Waals surface area contributed by atoms with E-state index in [0.29, 0.717) is 5.92 Å². The Morgan fingerprint density at radius 2 is 2.25 bits per heavy atom. The molecule has 1 rings (SSSR count). The van der Waals surface area contributed by atoms with Crippen LogP contribution in [0, 0.1) is 0 Å². The van der Waals surface area contributed by atoms with Crippen molar-refractivity contribution in [2.24, 2.45) is 0 Å². The van der Waals surface area contributed by atoms with E-state index >= 15 is 0 Å². The Labute approximate surface area is 103 Å². The Balaban J connectivity index is 2.47. The third-order valence-electron chi connectivity index (χ3n) is 2.69. The summed E-state index contributed by atoms with van der Waals surface area (Å²) in [5.74, 6) is 0.524. The summed E-state index contributed by atoms with van der Waals surface area (Å²) < 4.78 is 5.00. The second-order valence-electron chi connectivity index (χ2n) is 3.86. The summed E-state index contributed by atoms with van der Waals surface area (Å²) in [5.41, 5.74) is 1.31. The Bertz CT molecular complexity index is 304. The lowest BCUT2D eigenvalue weighted by Gasteiger charge is -2.16. The molecule has 0 saturated carbocycles. The van der Waals surface area contributed by atoms with E-state index in [1.165, 1.54) is 5.56 Å². The average molecular weight is 242 g/mol. The van der Waals surface area contributed by atoms with Gasteiger partial charge in [0.25, 0.3) is 0 Å². The van der Waals surface area contributed by atoms with E-state index < -0.39 is 0 Å². The maximum Gasteiger partial charge on any atom is 0.0587 e. The van der Waals surface area contributed by atoms with E-state index in [9.17, 15) is 0 Å². The molecule has 0 aliphatic carbocycles. The monoisotopic (exact) mass is 241 g/mol. The molecule has 3 heteroatoms. The van der Waals surface area contributed by atoms with E-state index in [0.717, 1.165) is 31.1 Å². The van der Waals surface area contributed by atoms with E-state index in [-0.39, 0.29) is 0 Å². The van der Waals surface area contributed by atoms with Crippen molar-refractivity contribution in [3.63, 3.8) is 0 Å². The number of benzene rings is 1. The van der Waals surface area contributed by atoms with E-state index in [4.69, 9.17) is 16.3 Å². The molecule has 0 radical (unpaired) electrons. The van der Waals surface area contributed by atoms with Crippen LogP contribution in [0.1, 0.15) is 24.8 Å². The summed E-state index contributed by atoms with van der Waals surface area (Å²) in [4.78, 5) is 0. The number of methoxy groups -OCH3 is 1. The predicted octanol–water partition coefficient (Wildman–Crippen LogP) is 3.07. The lowest BCUT2D eigenvalue weighted by molar-refractivity contribution is 0.199. The maximum atomic E-state index is 5.99. The fraction of sp³-hybridized carbons (Fsp3) is 0.538. The van der Waals surface area contributed by atoms with Gasteiger partial charge in [0.05, 0.1) is 6.61 Å². The number of hydrogen-bond donors (Lipinski definition) is 1. The topological polar surface area (TPSA) is 21.3 Å². The molecule has 0 aromatic heterocycles. The third-order valence-corrected chi connectivity index (χ3v) is 2.92. The van der Waals surface area contributed by atoms with Crippen molar-refractivity contribution < 1.29 is 4.74 Å². The third kappa shape index (κ3) is 4.52. The van der Waals surface area contributed by atoms with Crippen LogP contribution in [0.15, 0.2) is 24.3 Å². The fourth-order valence-corrected chi connectivity index (χ4v) is 1.91. The van der Waals surface area contributed by atoms with Gasteiger partial charge in [-0.1, -0.05) is 30.7 Å². The Hall–Kier alpha value is -0.570. The largest absolute Gasteiger partial charge is 0.383 e. The number of hydrogen-bond acceptors (Lipinski definition) is 2. The van der Waals surface area contributed by atoms with Gasteiger partial charge in [-0.2, -0.15) is 0 Å². The van der Waals surface area contributed by atoms with Gasteiger partial charge in [-0.25, -0.2) is 0 Å². The van der Waals surface area contributed by atoms with Crippen LogP contribution in [-0.2, 0) is 4.74 Å². The highest BCUT2D eigenvalue weighted by Gasteiger charge is 2.08. The second kappa shape index (κ2) is 7.66. The van der Waals surface area contributed by atoms with Crippen molar-refractivity contribution in [2.75, 3.05) is 26.8 Å². The van der Waals surface area contributed by atoms with Gasteiger partial charge in [-0.05, 0) is 30.0 Å². The van der Waals surface area contributed by atoms with Crippen LogP contribution in [0.3, 0.4) is 0 Å². The Kier molecular flexibility index (Phi) is 6.46. The molecule has 0 aliphatic rings. The molecule has 16 heavy (non-hydrogen) atoms. The second-order valence-corrected chi connectivity index (χ2v) is 4.29. The normalized spacial score (nSPS) is 12.7. The van der Waals surface area contributed by atoms with Gasteiger partial charge in [0, 0.05) is 25.2 Å². The molecule has 0 heterocycles. The van der Waals surface area contributed by atoms with Crippen LogP contribution in [0.2, 0.25) is 5.02 Å². The van der Waals surface area contributed by atoms with Crippen LogP contribution >= 0.6 is 11.6 Å². The fourth-order valence-electron chi connectivity index (χ4n) is 1.71. The average Bonchev–Trinajstić information content (AvgIpc) is 2.29. The standard InChI is InChI=1S/C13H20ClNO/c1-3-11(10-15-7-8-16-2)12-5-4-6-13(14)9-12/h4-6,9,11,15H,3,7-8,10H2,1-2H3. The van der Waals surface area contributed by atoms with Crippen LogP contribution in [-0.4, -0.2) is 26.8 Å². The minimum Gasteiger partial charge on any atom is -0.383 e. The number of halogens is 1. The van der Waals surface area contributed by atoms with Gasteiger partial charge < -0.3 is 10.1 Å². The van der Waals surface area contributed by atoms with Gasteiger partial charge in [0.15, 0.2) is 0 Å². The van der Waals surface area contributed by atoms with E-state index in [1.54, 1.807) is 7.11 Å². The SMILES string of the molecule is CCC(CNCCOC)c1cccc(Cl)c1.